The van der Waals surface area contributed by atoms with Crippen LogP contribution in [0.15, 0.2) is 55.2 Å². The van der Waals surface area contributed by atoms with E-state index in [4.69, 9.17) is 0 Å². The fourth-order valence-electron chi connectivity index (χ4n) is 2.89. The predicted molar refractivity (Wildman–Crippen MR) is 95.7 cm³/mol. The molecule has 26 heavy (non-hydrogen) atoms. The molecule has 0 atom stereocenters. The van der Waals surface area contributed by atoms with Crippen molar-refractivity contribution in [1.82, 2.24) is 34.6 Å². The average molecular weight is 347 g/mol. The summed E-state index contributed by atoms with van der Waals surface area (Å²) >= 11 is 0. The highest BCUT2D eigenvalue weighted by Crippen LogP contribution is 2.16. The Morgan fingerprint density at radius 1 is 1.23 bits per heavy atom. The van der Waals surface area contributed by atoms with E-state index < -0.39 is 0 Å². The molecule has 1 amide bonds. The number of amides is 1. The van der Waals surface area contributed by atoms with Crippen molar-refractivity contribution in [3.05, 3.63) is 66.6 Å². The summed E-state index contributed by atoms with van der Waals surface area (Å²) in [6.45, 7) is 3.20. The van der Waals surface area contributed by atoms with E-state index in [2.05, 4.69) is 36.9 Å². The van der Waals surface area contributed by atoms with Crippen LogP contribution in [0, 0.1) is 0 Å². The smallest absolute Gasteiger partial charge is 0.251 e. The summed E-state index contributed by atoms with van der Waals surface area (Å²) in [4.78, 5) is 25.2. The zero-order chi connectivity index (χ0) is 17.9. The molecule has 3 aromatic heterocycles. The molecule has 0 aliphatic rings. The maximum Gasteiger partial charge on any atom is 0.251 e. The molecule has 1 aromatic carbocycles. The normalized spacial score (nSPS) is 11.0. The molecule has 0 spiro atoms. The molecule has 8 nitrogen and oxygen atoms in total. The number of aromatic nitrogens is 6. The van der Waals surface area contributed by atoms with E-state index in [1.54, 1.807) is 18.3 Å². The molecule has 0 saturated heterocycles. The predicted octanol–water partition coefficient (Wildman–Crippen LogP) is 1.96. The summed E-state index contributed by atoms with van der Waals surface area (Å²) in [5.74, 6) is 1.17. The molecule has 0 fully saturated rings. The number of imidazole rings is 1. The van der Waals surface area contributed by atoms with Crippen LogP contribution < -0.4 is 5.32 Å². The first-order valence-electron chi connectivity index (χ1n) is 8.29. The molecule has 1 N–H and O–H groups in total. The number of rotatable bonds is 5. The second-order valence-corrected chi connectivity index (χ2v) is 5.69. The van der Waals surface area contributed by atoms with Crippen LogP contribution in [0.25, 0.3) is 16.9 Å². The molecule has 0 unspecified atom stereocenters. The topological polar surface area (TPSA) is 90.5 Å². The van der Waals surface area contributed by atoms with Crippen LogP contribution in [0.5, 0.6) is 0 Å². The highest BCUT2D eigenvalue weighted by Gasteiger charge is 2.12. The summed E-state index contributed by atoms with van der Waals surface area (Å²) in [6.07, 6.45) is 4.53. The zero-order valence-corrected chi connectivity index (χ0v) is 14.2. The largest absolute Gasteiger partial charge is 0.345 e. The SMILES string of the molecule is CCn1c(CNC(=O)c2ccnc(-n3cncn3)c2)nc2ccccc21. The Labute approximate surface area is 149 Å². The molecule has 3 heterocycles. The standard InChI is InChI=1S/C18H17N7O/c1-2-24-15-6-4-3-5-14(15)23-17(24)10-21-18(26)13-7-8-20-16(9-13)25-12-19-11-22-25/h3-9,11-12H,2,10H2,1H3,(H,21,26). The molecular weight excluding hydrogens is 330 g/mol. The van der Waals surface area contributed by atoms with Crippen LogP contribution >= 0.6 is 0 Å². The van der Waals surface area contributed by atoms with Gasteiger partial charge >= 0.3 is 0 Å². The van der Waals surface area contributed by atoms with Crippen molar-refractivity contribution < 1.29 is 4.79 Å². The van der Waals surface area contributed by atoms with Crippen LogP contribution in [0.4, 0.5) is 0 Å². The molecule has 0 saturated carbocycles. The number of aryl methyl sites for hydroxylation is 1. The first kappa shape index (κ1) is 15.9. The average Bonchev–Trinajstić information content (AvgIpc) is 3.33. The molecule has 0 aliphatic carbocycles. The van der Waals surface area contributed by atoms with Gasteiger partial charge in [0.05, 0.1) is 17.6 Å². The van der Waals surface area contributed by atoms with Crippen molar-refractivity contribution in [1.29, 1.82) is 0 Å². The first-order valence-corrected chi connectivity index (χ1v) is 8.29. The Morgan fingerprint density at radius 2 is 2.12 bits per heavy atom. The van der Waals surface area contributed by atoms with Gasteiger partial charge in [-0.25, -0.2) is 19.6 Å². The lowest BCUT2D eigenvalue weighted by atomic mass is 10.2. The second-order valence-electron chi connectivity index (χ2n) is 5.69. The van der Waals surface area contributed by atoms with E-state index in [9.17, 15) is 4.79 Å². The van der Waals surface area contributed by atoms with Crippen molar-refractivity contribution >= 4 is 16.9 Å². The number of hydrogen-bond donors (Lipinski definition) is 1. The minimum Gasteiger partial charge on any atom is -0.345 e. The highest BCUT2D eigenvalue weighted by molar-refractivity contribution is 5.94. The van der Waals surface area contributed by atoms with Gasteiger partial charge in [-0.15, -0.1) is 0 Å². The Kier molecular flexibility index (Phi) is 4.14. The first-order chi connectivity index (χ1) is 12.8. The van der Waals surface area contributed by atoms with Crippen LogP contribution in [0.3, 0.4) is 0 Å². The Morgan fingerprint density at radius 3 is 2.92 bits per heavy atom. The molecular formula is C18H17N7O. The van der Waals surface area contributed by atoms with Gasteiger partial charge in [-0.3, -0.25) is 4.79 Å². The van der Waals surface area contributed by atoms with Crippen molar-refractivity contribution in [3.8, 4) is 5.82 Å². The molecule has 4 rings (SSSR count). The summed E-state index contributed by atoms with van der Waals surface area (Å²) < 4.78 is 3.61. The number of fused-ring (bicyclic) bond motifs is 1. The summed E-state index contributed by atoms with van der Waals surface area (Å²) in [5, 5.41) is 6.95. The molecule has 130 valence electrons. The van der Waals surface area contributed by atoms with Crippen LogP contribution in [0.1, 0.15) is 23.1 Å². The van der Waals surface area contributed by atoms with Gasteiger partial charge in [0, 0.05) is 18.3 Å². The summed E-state index contributed by atoms with van der Waals surface area (Å²) in [7, 11) is 0. The lowest BCUT2D eigenvalue weighted by Crippen LogP contribution is -2.25. The van der Waals surface area contributed by atoms with Gasteiger partial charge in [-0.05, 0) is 31.2 Å². The van der Waals surface area contributed by atoms with Crippen molar-refractivity contribution in [2.75, 3.05) is 0 Å². The van der Waals surface area contributed by atoms with Gasteiger partial charge in [-0.2, -0.15) is 5.10 Å². The number of hydrogen-bond acceptors (Lipinski definition) is 5. The van der Waals surface area contributed by atoms with Gasteiger partial charge in [0.2, 0.25) is 0 Å². The number of nitrogens with one attached hydrogen (secondary N) is 1. The fraction of sp³-hybridized carbons (Fsp3) is 0.167. The Bertz CT molecular complexity index is 1050. The number of pyridine rings is 1. The second kappa shape index (κ2) is 6.75. The molecule has 8 heteroatoms. The Hall–Kier alpha value is -3.55. The van der Waals surface area contributed by atoms with Gasteiger partial charge in [0.25, 0.3) is 5.91 Å². The number of nitrogens with zero attached hydrogens (tertiary/aromatic N) is 6. The fourth-order valence-corrected chi connectivity index (χ4v) is 2.89. The van der Waals surface area contributed by atoms with E-state index >= 15 is 0 Å². The summed E-state index contributed by atoms with van der Waals surface area (Å²) in [6, 6.07) is 11.3. The lowest BCUT2D eigenvalue weighted by Gasteiger charge is -2.08. The number of benzene rings is 1. The lowest BCUT2D eigenvalue weighted by molar-refractivity contribution is 0.0949. The minimum absolute atomic E-state index is 0.191. The van der Waals surface area contributed by atoms with Crippen LogP contribution in [0.2, 0.25) is 0 Å². The van der Waals surface area contributed by atoms with Gasteiger partial charge < -0.3 is 9.88 Å². The molecule has 0 radical (unpaired) electrons. The van der Waals surface area contributed by atoms with E-state index in [-0.39, 0.29) is 5.91 Å². The van der Waals surface area contributed by atoms with E-state index in [1.807, 2.05) is 24.3 Å². The highest BCUT2D eigenvalue weighted by atomic mass is 16.1. The van der Waals surface area contributed by atoms with Crippen LogP contribution in [-0.2, 0) is 13.1 Å². The molecule has 0 bridgehead atoms. The minimum atomic E-state index is -0.191. The third kappa shape index (κ3) is 2.92. The number of carbonyl (C=O) groups is 1. The Balaban J connectivity index is 1.54. The van der Waals surface area contributed by atoms with Crippen molar-refractivity contribution in [3.63, 3.8) is 0 Å². The molecule has 0 aliphatic heterocycles. The van der Waals surface area contributed by atoms with E-state index in [1.165, 1.54) is 17.3 Å². The maximum atomic E-state index is 12.5. The third-order valence-corrected chi connectivity index (χ3v) is 4.12. The van der Waals surface area contributed by atoms with E-state index in [0.717, 1.165) is 23.4 Å². The number of carbonyl (C=O) groups excluding carboxylic acids is 1. The third-order valence-electron chi connectivity index (χ3n) is 4.12. The monoisotopic (exact) mass is 347 g/mol. The quantitative estimate of drug-likeness (QED) is 0.596. The van der Waals surface area contributed by atoms with Gasteiger partial charge in [0.1, 0.15) is 18.5 Å². The zero-order valence-electron chi connectivity index (χ0n) is 14.2. The maximum absolute atomic E-state index is 12.5. The van der Waals surface area contributed by atoms with Crippen molar-refractivity contribution in [2.24, 2.45) is 0 Å². The van der Waals surface area contributed by atoms with Gasteiger partial charge in [0.15, 0.2) is 5.82 Å². The van der Waals surface area contributed by atoms with E-state index in [0.29, 0.717) is 17.9 Å². The number of para-hydroxylation sites is 2. The van der Waals surface area contributed by atoms with Crippen molar-refractivity contribution in [2.45, 2.75) is 20.0 Å². The molecule has 4 aromatic rings. The van der Waals surface area contributed by atoms with Crippen LogP contribution in [-0.4, -0.2) is 35.2 Å². The van der Waals surface area contributed by atoms with Gasteiger partial charge in [-0.1, -0.05) is 12.1 Å². The summed E-state index contributed by atoms with van der Waals surface area (Å²) in [5.41, 5.74) is 2.50.